The molecule has 2 aliphatic heterocycles. The van der Waals surface area contributed by atoms with Gasteiger partial charge in [-0.25, -0.2) is 4.79 Å². The number of urea groups is 1. The van der Waals surface area contributed by atoms with E-state index in [-0.39, 0.29) is 30.0 Å². The number of aliphatic hydroxyl groups is 1. The van der Waals surface area contributed by atoms with Gasteiger partial charge in [0.1, 0.15) is 0 Å². The molecule has 5 rings (SSSR count). The second kappa shape index (κ2) is 9.19. The Morgan fingerprint density at radius 3 is 2.06 bits per heavy atom. The zero-order chi connectivity index (χ0) is 23.7. The first-order valence-electron chi connectivity index (χ1n) is 11.5. The summed E-state index contributed by atoms with van der Waals surface area (Å²) in [6.45, 7) is 0.321. The van der Waals surface area contributed by atoms with Crippen LogP contribution in [0.25, 0.3) is 0 Å². The number of oxime groups is 1. The predicted octanol–water partition coefficient (Wildman–Crippen LogP) is 2.98. The molecule has 0 unspecified atom stereocenters. The van der Waals surface area contributed by atoms with Crippen LogP contribution >= 0.6 is 0 Å². The summed E-state index contributed by atoms with van der Waals surface area (Å²) in [5.74, 6) is 0.0154. The lowest BCUT2D eigenvalue weighted by atomic mass is 9.94. The van der Waals surface area contributed by atoms with Crippen molar-refractivity contribution in [2.24, 2.45) is 10.9 Å². The van der Waals surface area contributed by atoms with Gasteiger partial charge in [-0.15, -0.1) is 0 Å². The average molecular weight is 457 g/mol. The van der Waals surface area contributed by atoms with E-state index in [2.05, 4.69) is 17.3 Å². The largest absolute Gasteiger partial charge is 0.409 e. The zero-order valence-corrected chi connectivity index (χ0v) is 18.7. The van der Waals surface area contributed by atoms with Crippen molar-refractivity contribution in [3.63, 3.8) is 0 Å². The highest BCUT2D eigenvalue weighted by atomic mass is 16.4. The molecule has 0 aromatic heterocycles. The van der Waals surface area contributed by atoms with Crippen molar-refractivity contribution in [1.29, 1.82) is 0 Å². The first-order valence-corrected chi connectivity index (χ1v) is 11.5. The van der Waals surface area contributed by atoms with Crippen molar-refractivity contribution in [3.05, 3.63) is 107 Å². The number of benzene rings is 3. The zero-order valence-electron chi connectivity index (χ0n) is 18.7. The number of carbonyl (C=O) groups is 1. The summed E-state index contributed by atoms with van der Waals surface area (Å²) < 4.78 is 0. The Hall–Kier alpha value is -3.84. The fraction of sp³-hybridized carbons (Fsp3) is 0.259. The van der Waals surface area contributed by atoms with Crippen LogP contribution in [0.5, 0.6) is 0 Å². The van der Waals surface area contributed by atoms with Gasteiger partial charge in [-0.2, -0.15) is 0 Å². The van der Waals surface area contributed by atoms with E-state index in [1.807, 2.05) is 71.6 Å². The molecule has 3 aromatic rings. The van der Waals surface area contributed by atoms with Crippen LogP contribution in [0.1, 0.15) is 22.3 Å². The maximum atomic E-state index is 13.6. The van der Waals surface area contributed by atoms with Gasteiger partial charge in [0.05, 0.1) is 24.2 Å². The number of amidine groups is 1. The van der Waals surface area contributed by atoms with E-state index >= 15 is 0 Å². The fourth-order valence-electron chi connectivity index (χ4n) is 5.09. The number of hydrogen-bond acceptors (Lipinski definition) is 4. The lowest BCUT2D eigenvalue weighted by Crippen LogP contribution is -2.56. The standard InChI is InChI=1S/C27H28N4O3/c28-26(29-34)21-13-7-12-20(14-21)17-30-23(16-19-10-5-2-6-11-19)25(32)24-22(31(24)27(30)33)15-18-8-3-1-4-9-18/h1-14,22-25,32,34H,15-17H2,(H2,28,29)/t22-,23-,24-,25+,31?/m1/s1. The third-order valence-corrected chi connectivity index (χ3v) is 6.85. The van der Waals surface area contributed by atoms with Gasteiger partial charge in [-0.3, -0.25) is 0 Å². The Balaban J connectivity index is 1.43. The Morgan fingerprint density at radius 1 is 0.853 bits per heavy atom. The highest BCUT2D eigenvalue weighted by Gasteiger charge is 2.62. The van der Waals surface area contributed by atoms with E-state index in [4.69, 9.17) is 10.9 Å². The fourth-order valence-corrected chi connectivity index (χ4v) is 5.09. The number of nitrogens with two attached hydrogens (primary N) is 1. The van der Waals surface area contributed by atoms with Crippen molar-refractivity contribution in [2.75, 3.05) is 0 Å². The van der Waals surface area contributed by atoms with Crippen LogP contribution in [0.15, 0.2) is 90.1 Å². The second-order valence-electron chi connectivity index (χ2n) is 9.00. The summed E-state index contributed by atoms with van der Waals surface area (Å²) >= 11 is 0. The SMILES string of the molecule is N/C(=N\O)c1cccc(CN2C(=O)N3[C@@H]([C@@H](O)[C@H]2Cc2ccccc2)[C@H]3Cc2ccccc2)c1. The molecule has 2 saturated heterocycles. The molecule has 4 N–H and O–H groups in total. The Kier molecular flexibility index (Phi) is 5.94. The van der Waals surface area contributed by atoms with E-state index in [0.29, 0.717) is 18.5 Å². The van der Waals surface area contributed by atoms with Crippen molar-refractivity contribution in [2.45, 2.75) is 43.6 Å². The van der Waals surface area contributed by atoms with E-state index in [1.165, 1.54) is 0 Å². The molecule has 34 heavy (non-hydrogen) atoms. The normalized spacial score (nSPS) is 24.1. The molecule has 0 bridgehead atoms. The molecule has 0 saturated carbocycles. The predicted molar refractivity (Wildman–Crippen MR) is 129 cm³/mol. The van der Waals surface area contributed by atoms with Gasteiger partial charge in [-0.1, -0.05) is 84.0 Å². The van der Waals surface area contributed by atoms with Gasteiger partial charge in [0.25, 0.3) is 0 Å². The first-order chi connectivity index (χ1) is 16.6. The van der Waals surface area contributed by atoms with Gasteiger partial charge in [0.2, 0.25) is 0 Å². The van der Waals surface area contributed by atoms with Gasteiger partial charge in [-0.05, 0) is 35.6 Å². The third-order valence-electron chi connectivity index (χ3n) is 6.85. The van der Waals surface area contributed by atoms with Crippen LogP contribution in [0.2, 0.25) is 0 Å². The second-order valence-corrected chi connectivity index (χ2v) is 9.00. The molecule has 2 amide bonds. The molecule has 2 heterocycles. The molecular weight excluding hydrogens is 428 g/mol. The molecule has 174 valence electrons. The molecule has 7 heteroatoms. The number of rotatable bonds is 7. The Morgan fingerprint density at radius 2 is 1.44 bits per heavy atom. The lowest BCUT2D eigenvalue weighted by Gasteiger charge is -2.39. The van der Waals surface area contributed by atoms with Crippen LogP contribution in [0, 0.1) is 0 Å². The number of carbonyl (C=O) groups excluding carboxylic acids is 1. The smallest absolute Gasteiger partial charge is 0.321 e. The van der Waals surface area contributed by atoms with Crippen molar-refractivity contribution < 1.29 is 15.1 Å². The Bertz CT molecular complexity index is 1180. The van der Waals surface area contributed by atoms with Crippen molar-refractivity contribution in [1.82, 2.24) is 9.80 Å². The molecule has 2 fully saturated rings. The molecule has 0 spiro atoms. The molecule has 4 atom stereocenters. The summed E-state index contributed by atoms with van der Waals surface area (Å²) in [4.78, 5) is 17.2. The van der Waals surface area contributed by atoms with Crippen molar-refractivity contribution in [3.8, 4) is 0 Å². The van der Waals surface area contributed by atoms with Crippen LogP contribution in [0.4, 0.5) is 4.79 Å². The third kappa shape index (κ3) is 4.22. The quantitative estimate of drug-likeness (QED) is 0.167. The lowest BCUT2D eigenvalue weighted by molar-refractivity contribution is 0.0269. The number of nitrogens with zero attached hydrogens (tertiary/aromatic N) is 3. The van der Waals surface area contributed by atoms with Crippen LogP contribution in [0.3, 0.4) is 0 Å². The maximum absolute atomic E-state index is 13.6. The van der Waals surface area contributed by atoms with Gasteiger partial charge in [0.15, 0.2) is 5.84 Å². The van der Waals surface area contributed by atoms with Gasteiger partial charge in [0, 0.05) is 12.1 Å². The minimum atomic E-state index is -0.668. The summed E-state index contributed by atoms with van der Waals surface area (Å²) in [5.41, 5.74) is 9.42. The number of aliphatic hydroxyl groups excluding tert-OH is 1. The van der Waals surface area contributed by atoms with Crippen LogP contribution in [-0.4, -0.2) is 56.2 Å². The van der Waals surface area contributed by atoms with E-state index in [0.717, 1.165) is 23.1 Å². The van der Waals surface area contributed by atoms with Gasteiger partial charge < -0.3 is 25.8 Å². The molecule has 0 aliphatic carbocycles. The molecule has 2 aliphatic rings. The van der Waals surface area contributed by atoms with Crippen LogP contribution in [-0.2, 0) is 19.4 Å². The summed E-state index contributed by atoms with van der Waals surface area (Å²) in [6.07, 6.45) is 0.619. The van der Waals surface area contributed by atoms with E-state index in [9.17, 15) is 9.90 Å². The number of fused-ring (bicyclic) bond motifs is 1. The minimum absolute atomic E-state index is 0.0154. The highest BCUT2D eigenvalue weighted by Crippen LogP contribution is 2.42. The molecule has 0 radical (unpaired) electrons. The number of amides is 2. The van der Waals surface area contributed by atoms with E-state index < -0.39 is 6.10 Å². The van der Waals surface area contributed by atoms with Crippen molar-refractivity contribution >= 4 is 11.9 Å². The Labute approximate surface area is 198 Å². The number of hydrogen-bond donors (Lipinski definition) is 3. The molecule has 3 aromatic carbocycles. The molecular formula is C27H28N4O3. The monoisotopic (exact) mass is 456 g/mol. The average Bonchev–Trinajstić information content (AvgIpc) is 3.59. The van der Waals surface area contributed by atoms with Gasteiger partial charge >= 0.3 is 6.03 Å². The maximum Gasteiger partial charge on any atom is 0.321 e. The first kappa shape index (κ1) is 22.0. The van der Waals surface area contributed by atoms with Crippen LogP contribution < -0.4 is 5.73 Å². The highest BCUT2D eigenvalue weighted by molar-refractivity contribution is 5.97. The summed E-state index contributed by atoms with van der Waals surface area (Å²) in [6, 6.07) is 26.7. The topological polar surface area (TPSA) is 102 Å². The minimum Gasteiger partial charge on any atom is -0.409 e. The summed E-state index contributed by atoms with van der Waals surface area (Å²) in [5, 5.41) is 23.5. The summed E-state index contributed by atoms with van der Waals surface area (Å²) in [7, 11) is 0. The van der Waals surface area contributed by atoms with E-state index in [1.54, 1.807) is 11.0 Å². The molecule has 7 nitrogen and oxygen atoms in total.